The number of nitrogens with one attached hydrogen (secondary N) is 2. The normalized spacial score (nSPS) is 14.9. The zero-order valence-electron chi connectivity index (χ0n) is 15.9. The molecule has 1 aliphatic heterocycles. The number of aromatic nitrogens is 2. The third kappa shape index (κ3) is 5.15. The lowest BCUT2D eigenvalue weighted by Crippen LogP contribution is -2.37. The minimum Gasteiger partial charge on any atom is -0.378 e. The van der Waals surface area contributed by atoms with E-state index in [1.54, 1.807) is 6.92 Å². The number of nitrogens with zero attached hydrogens (tertiary/aromatic N) is 3. The number of morpholine rings is 1. The molecule has 2 N–H and O–H groups in total. The standard InChI is InChI=1S/C18H24FN5O3S/c1-13-11-15(19)3-4-16(13)28(25,26)21-6-5-20-18-22-14(2)12-17(23-18)24-7-9-27-10-8-24/h3-4,11-12,21H,5-10H2,1-2H3,(H,20,22,23). The van der Waals surface area contributed by atoms with Gasteiger partial charge in [-0.05, 0) is 37.6 Å². The van der Waals surface area contributed by atoms with Crippen molar-refractivity contribution in [1.29, 1.82) is 0 Å². The molecule has 1 aliphatic rings. The first-order valence-electron chi connectivity index (χ1n) is 9.03. The predicted octanol–water partition coefficient (Wildman–Crippen LogP) is 1.46. The van der Waals surface area contributed by atoms with E-state index in [0.29, 0.717) is 31.3 Å². The topological polar surface area (TPSA) is 96.5 Å². The zero-order chi connectivity index (χ0) is 20.1. The van der Waals surface area contributed by atoms with Gasteiger partial charge in [-0.15, -0.1) is 0 Å². The van der Waals surface area contributed by atoms with Crippen molar-refractivity contribution in [2.24, 2.45) is 0 Å². The SMILES string of the molecule is Cc1cc(N2CCOCC2)nc(NCCNS(=O)(=O)c2ccc(F)cc2C)n1. The molecule has 1 aromatic carbocycles. The monoisotopic (exact) mass is 409 g/mol. The van der Waals surface area contributed by atoms with Crippen LogP contribution in [0.2, 0.25) is 0 Å². The number of benzene rings is 1. The van der Waals surface area contributed by atoms with Crippen molar-refractivity contribution in [3.63, 3.8) is 0 Å². The van der Waals surface area contributed by atoms with Gasteiger partial charge in [0.15, 0.2) is 0 Å². The molecule has 0 unspecified atom stereocenters. The van der Waals surface area contributed by atoms with Crippen molar-refractivity contribution in [1.82, 2.24) is 14.7 Å². The smallest absolute Gasteiger partial charge is 0.240 e. The van der Waals surface area contributed by atoms with Crippen LogP contribution in [0.3, 0.4) is 0 Å². The zero-order valence-corrected chi connectivity index (χ0v) is 16.7. The van der Waals surface area contributed by atoms with E-state index >= 15 is 0 Å². The fraction of sp³-hybridized carbons (Fsp3) is 0.444. The number of ether oxygens (including phenoxy) is 1. The number of anilines is 2. The molecule has 0 amide bonds. The summed E-state index contributed by atoms with van der Waals surface area (Å²) < 4.78 is 45.8. The van der Waals surface area contributed by atoms with E-state index in [4.69, 9.17) is 4.74 Å². The van der Waals surface area contributed by atoms with Crippen LogP contribution < -0.4 is 14.9 Å². The van der Waals surface area contributed by atoms with Gasteiger partial charge in [0, 0.05) is 37.9 Å². The lowest BCUT2D eigenvalue weighted by Gasteiger charge is -2.28. The molecule has 8 nitrogen and oxygen atoms in total. The minimum atomic E-state index is -3.72. The van der Waals surface area contributed by atoms with Gasteiger partial charge in [0.25, 0.3) is 0 Å². The van der Waals surface area contributed by atoms with Crippen LogP contribution in [0.1, 0.15) is 11.3 Å². The summed E-state index contributed by atoms with van der Waals surface area (Å²) in [6.07, 6.45) is 0. The Morgan fingerprint density at radius 1 is 1.14 bits per heavy atom. The molecule has 2 heterocycles. The highest BCUT2D eigenvalue weighted by Gasteiger charge is 2.17. The van der Waals surface area contributed by atoms with Gasteiger partial charge in [-0.25, -0.2) is 22.5 Å². The summed E-state index contributed by atoms with van der Waals surface area (Å²) >= 11 is 0. The summed E-state index contributed by atoms with van der Waals surface area (Å²) in [7, 11) is -3.72. The van der Waals surface area contributed by atoms with Gasteiger partial charge >= 0.3 is 0 Å². The Kier molecular flexibility index (Phi) is 6.42. The number of hydrogen-bond acceptors (Lipinski definition) is 7. The van der Waals surface area contributed by atoms with Gasteiger partial charge in [-0.2, -0.15) is 4.98 Å². The van der Waals surface area contributed by atoms with Crippen LogP contribution in [-0.2, 0) is 14.8 Å². The molecule has 1 aromatic heterocycles. The van der Waals surface area contributed by atoms with Crippen molar-refractivity contribution in [3.05, 3.63) is 41.3 Å². The summed E-state index contributed by atoms with van der Waals surface area (Å²) in [5.74, 6) is 0.797. The van der Waals surface area contributed by atoms with Crippen LogP contribution in [-0.4, -0.2) is 57.8 Å². The lowest BCUT2D eigenvalue weighted by atomic mass is 10.2. The molecule has 0 spiro atoms. The van der Waals surface area contributed by atoms with Crippen LogP contribution in [0.4, 0.5) is 16.2 Å². The highest BCUT2D eigenvalue weighted by Crippen LogP contribution is 2.17. The second kappa shape index (κ2) is 8.80. The predicted molar refractivity (Wildman–Crippen MR) is 105 cm³/mol. The summed E-state index contributed by atoms with van der Waals surface area (Å²) in [5.41, 5.74) is 1.18. The van der Waals surface area contributed by atoms with Crippen molar-refractivity contribution in [2.45, 2.75) is 18.7 Å². The van der Waals surface area contributed by atoms with Gasteiger partial charge in [0.05, 0.1) is 18.1 Å². The highest BCUT2D eigenvalue weighted by molar-refractivity contribution is 7.89. The number of rotatable bonds is 7. The van der Waals surface area contributed by atoms with E-state index in [2.05, 4.69) is 24.9 Å². The number of sulfonamides is 1. The highest BCUT2D eigenvalue weighted by atomic mass is 32.2. The molecule has 1 saturated heterocycles. The van der Waals surface area contributed by atoms with Crippen LogP contribution >= 0.6 is 0 Å². The Hall–Kier alpha value is -2.30. The summed E-state index contributed by atoms with van der Waals surface area (Å²) in [4.78, 5) is 11.0. The van der Waals surface area contributed by atoms with Crippen molar-refractivity contribution >= 4 is 21.8 Å². The molecule has 10 heteroatoms. The minimum absolute atomic E-state index is 0.0651. The van der Waals surface area contributed by atoms with Crippen molar-refractivity contribution in [2.75, 3.05) is 49.6 Å². The molecule has 28 heavy (non-hydrogen) atoms. The van der Waals surface area contributed by atoms with Crippen LogP contribution in [0.15, 0.2) is 29.2 Å². The maximum atomic E-state index is 13.2. The summed E-state index contributed by atoms with van der Waals surface area (Å²) in [6.45, 7) is 6.77. The summed E-state index contributed by atoms with van der Waals surface area (Å²) in [6, 6.07) is 5.50. The average molecular weight is 409 g/mol. The molecule has 152 valence electrons. The fourth-order valence-corrected chi connectivity index (χ4v) is 4.19. The Labute approximate surface area is 164 Å². The maximum Gasteiger partial charge on any atom is 0.240 e. The Morgan fingerprint density at radius 3 is 2.61 bits per heavy atom. The second-order valence-corrected chi connectivity index (χ2v) is 8.26. The van der Waals surface area contributed by atoms with Crippen molar-refractivity contribution in [3.8, 4) is 0 Å². The number of halogens is 1. The van der Waals surface area contributed by atoms with Gasteiger partial charge in [0.2, 0.25) is 16.0 Å². The van der Waals surface area contributed by atoms with Gasteiger partial charge in [0.1, 0.15) is 11.6 Å². The lowest BCUT2D eigenvalue weighted by molar-refractivity contribution is 0.122. The van der Waals surface area contributed by atoms with E-state index in [-0.39, 0.29) is 11.4 Å². The van der Waals surface area contributed by atoms with E-state index < -0.39 is 15.8 Å². The van der Waals surface area contributed by atoms with Gasteiger partial charge in [-0.3, -0.25) is 0 Å². The molecule has 0 radical (unpaired) electrons. The molecule has 0 atom stereocenters. The van der Waals surface area contributed by atoms with E-state index in [9.17, 15) is 12.8 Å². The first-order valence-corrected chi connectivity index (χ1v) is 10.5. The molecule has 3 rings (SSSR count). The maximum absolute atomic E-state index is 13.2. The van der Waals surface area contributed by atoms with E-state index in [1.807, 2.05) is 13.0 Å². The van der Waals surface area contributed by atoms with E-state index in [1.165, 1.54) is 12.1 Å². The molecular formula is C18H24FN5O3S. The third-order valence-corrected chi connectivity index (χ3v) is 5.92. The van der Waals surface area contributed by atoms with Gasteiger partial charge in [-0.1, -0.05) is 0 Å². The third-order valence-electron chi connectivity index (χ3n) is 4.30. The summed E-state index contributed by atoms with van der Waals surface area (Å²) in [5, 5.41) is 3.05. The molecule has 0 aliphatic carbocycles. The first kappa shape index (κ1) is 20.4. The van der Waals surface area contributed by atoms with Crippen LogP contribution in [0.25, 0.3) is 0 Å². The van der Waals surface area contributed by atoms with Gasteiger partial charge < -0.3 is 15.0 Å². The average Bonchev–Trinajstić information content (AvgIpc) is 2.65. The molecule has 0 saturated carbocycles. The second-order valence-electron chi connectivity index (χ2n) is 6.52. The van der Waals surface area contributed by atoms with Crippen molar-refractivity contribution < 1.29 is 17.5 Å². The molecule has 1 fully saturated rings. The number of aryl methyl sites for hydroxylation is 2. The van der Waals surface area contributed by atoms with Crippen LogP contribution in [0, 0.1) is 19.7 Å². The largest absolute Gasteiger partial charge is 0.378 e. The first-order chi connectivity index (χ1) is 13.3. The van der Waals surface area contributed by atoms with E-state index in [0.717, 1.165) is 30.7 Å². The number of hydrogen-bond donors (Lipinski definition) is 2. The molecular weight excluding hydrogens is 385 g/mol. The quantitative estimate of drug-likeness (QED) is 0.669. The molecule has 0 bridgehead atoms. The Balaban J connectivity index is 1.58. The Bertz CT molecular complexity index is 933. The van der Waals surface area contributed by atoms with Crippen LogP contribution in [0.5, 0.6) is 0 Å². The fourth-order valence-electron chi connectivity index (χ4n) is 2.94. The molecule has 2 aromatic rings. The Morgan fingerprint density at radius 2 is 1.89 bits per heavy atom.